The van der Waals surface area contributed by atoms with Crippen LogP contribution in [0.2, 0.25) is 0 Å². The number of anilines is 1. The molecule has 0 saturated carbocycles. The summed E-state index contributed by atoms with van der Waals surface area (Å²) in [6, 6.07) is 10.5. The van der Waals surface area contributed by atoms with E-state index < -0.39 is 47.9 Å². The van der Waals surface area contributed by atoms with E-state index in [1.54, 1.807) is 26.0 Å². The Morgan fingerprint density at radius 1 is 1.18 bits per heavy atom. The lowest BCUT2D eigenvalue weighted by atomic mass is 9.86. The Morgan fingerprint density at radius 2 is 1.85 bits per heavy atom. The van der Waals surface area contributed by atoms with Crippen molar-refractivity contribution in [2.24, 2.45) is 5.92 Å². The van der Waals surface area contributed by atoms with Crippen molar-refractivity contribution >= 4 is 23.5 Å². The summed E-state index contributed by atoms with van der Waals surface area (Å²) in [5.74, 6) is -2.44. The van der Waals surface area contributed by atoms with Crippen molar-refractivity contribution in [2.75, 3.05) is 4.90 Å². The molecule has 1 N–H and O–H groups in total. The van der Waals surface area contributed by atoms with Gasteiger partial charge in [0.25, 0.3) is 0 Å². The molecule has 0 spiro atoms. The van der Waals surface area contributed by atoms with Gasteiger partial charge in [0.2, 0.25) is 5.89 Å². The number of carbonyl (C=O) groups is 3. The Balaban J connectivity index is 1.96. The minimum atomic E-state index is -4.68. The van der Waals surface area contributed by atoms with Gasteiger partial charge < -0.3 is 14.4 Å². The molecule has 1 unspecified atom stereocenters. The zero-order valence-electron chi connectivity index (χ0n) is 21.6. The maximum atomic E-state index is 14.1. The molecule has 0 radical (unpaired) electrons. The largest absolute Gasteiger partial charge is 0.476 e. The van der Waals surface area contributed by atoms with E-state index in [-0.39, 0.29) is 28.6 Å². The van der Waals surface area contributed by atoms with Crippen LogP contribution in [0.5, 0.6) is 0 Å². The highest BCUT2D eigenvalue weighted by atomic mass is 19.4. The van der Waals surface area contributed by atoms with Gasteiger partial charge in [-0.3, -0.25) is 9.69 Å². The van der Waals surface area contributed by atoms with E-state index in [1.165, 1.54) is 30.0 Å². The molecule has 3 aromatic rings. The van der Waals surface area contributed by atoms with Gasteiger partial charge >= 0.3 is 18.2 Å². The van der Waals surface area contributed by atoms with Crippen LogP contribution < -0.4 is 4.90 Å². The number of urea groups is 1. The van der Waals surface area contributed by atoms with Crippen LogP contribution in [0.3, 0.4) is 0 Å². The zero-order valence-corrected chi connectivity index (χ0v) is 21.6. The number of benzene rings is 2. The molecule has 9 nitrogen and oxygen atoms in total. The number of nitriles is 1. The minimum Gasteiger partial charge on any atom is -0.476 e. The van der Waals surface area contributed by atoms with E-state index in [4.69, 9.17) is 4.42 Å². The summed E-state index contributed by atoms with van der Waals surface area (Å²) < 4.78 is 45.9. The number of hydrogen-bond acceptors (Lipinski definition) is 6. The van der Waals surface area contributed by atoms with Crippen molar-refractivity contribution in [3.05, 3.63) is 94.3 Å². The van der Waals surface area contributed by atoms with Crippen LogP contribution in [0.25, 0.3) is 0 Å². The number of aromatic carboxylic acids is 1. The van der Waals surface area contributed by atoms with Gasteiger partial charge in [0.1, 0.15) is 6.26 Å². The normalized spacial score (nSPS) is 15.9. The monoisotopic (exact) mass is 552 g/mol. The summed E-state index contributed by atoms with van der Waals surface area (Å²) in [6.07, 6.45) is -3.78. The van der Waals surface area contributed by atoms with Gasteiger partial charge in [-0.05, 0) is 42.8 Å². The lowest BCUT2D eigenvalue weighted by Crippen LogP contribution is -2.50. The predicted octanol–water partition coefficient (Wildman–Crippen LogP) is 5.95. The van der Waals surface area contributed by atoms with Gasteiger partial charge in [0.15, 0.2) is 11.5 Å². The van der Waals surface area contributed by atoms with E-state index in [0.717, 1.165) is 29.4 Å². The second-order valence-corrected chi connectivity index (χ2v) is 9.38. The molecule has 0 aliphatic carbocycles. The molecule has 2 amide bonds. The summed E-state index contributed by atoms with van der Waals surface area (Å²) in [5.41, 5.74) is -0.456. The topological polar surface area (TPSA) is 128 Å². The second kappa shape index (κ2) is 10.7. The fourth-order valence-corrected chi connectivity index (χ4v) is 4.48. The summed E-state index contributed by atoms with van der Waals surface area (Å²) in [4.78, 5) is 45.2. The third-order valence-electron chi connectivity index (χ3n) is 6.40. The van der Waals surface area contributed by atoms with E-state index >= 15 is 0 Å². The summed E-state index contributed by atoms with van der Waals surface area (Å²) in [7, 11) is 0. The molecule has 1 atom stereocenters. The molecule has 2 aromatic carbocycles. The number of nitrogens with zero attached hydrogens (tertiary/aromatic N) is 4. The Kier molecular flexibility index (Phi) is 7.51. The number of rotatable bonds is 7. The number of ketones is 1. The second-order valence-electron chi connectivity index (χ2n) is 9.38. The van der Waals surface area contributed by atoms with Crippen LogP contribution in [0.15, 0.2) is 70.5 Å². The van der Waals surface area contributed by atoms with Crippen LogP contribution in [-0.2, 0) is 17.5 Å². The van der Waals surface area contributed by atoms with Crippen molar-refractivity contribution in [2.45, 2.75) is 39.5 Å². The minimum absolute atomic E-state index is 0.117. The maximum Gasteiger partial charge on any atom is 0.416 e. The van der Waals surface area contributed by atoms with Crippen molar-refractivity contribution in [3.8, 4) is 6.07 Å². The van der Waals surface area contributed by atoms with E-state index in [9.17, 15) is 37.9 Å². The average Bonchev–Trinajstić information content (AvgIpc) is 3.38. The molecule has 4 rings (SSSR count). The zero-order chi connectivity index (χ0) is 29.4. The molecule has 206 valence electrons. The number of Topliss-reactive ketones (excluding diaryl/α,β-unsaturated/α-hetero) is 1. The van der Waals surface area contributed by atoms with Crippen molar-refractivity contribution in [1.82, 2.24) is 9.88 Å². The Bertz CT molecular complexity index is 1550. The van der Waals surface area contributed by atoms with Gasteiger partial charge in [-0.15, -0.1) is 0 Å². The van der Waals surface area contributed by atoms with Gasteiger partial charge in [-0.25, -0.2) is 14.6 Å². The molecule has 1 aliphatic rings. The Hall–Kier alpha value is -4.92. The van der Waals surface area contributed by atoms with Gasteiger partial charge in [-0.2, -0.15) is 18.4 Å². The number of aromatic nitrogens is 1. The Morgan fingerprint density at radius 3 is 2.40 bits per heavy atom. The smallest absolute Gasteiger partial charge is 0.416 e. The van der Waals surface area contributed by atoms with E-state index in [1.807, 2.05) is 6.07 Å². The number of oxazole rings is 1. The number of carboxylic acid groups (broad SMARTS) is 1. The highest BCUT2D eigenvalue weighted by molar-refractivity contribution is 6.06. The number of amides is 2. The van der Waals surface area contributed by atoms with Gasteiger partial charge in [0, 0.05) is 17.2 Å². The molecule has 12 heteroatoms. The van der Waals surface area contributed by atoms with Crippen molar-refractivity contribution < 1.29 is 37.1 Å². The predicted molar refractivity (Wildman–Crippen MR) is 135 cm³/mol. The summed E-state index contributed by atoms with van der Waals surface area (Å²) in [6.45, 7) is 4.38. The quantitative estimate of drug-likeness (QED) is 0.384. The van der Waals surface area contributed by atoms with Crippen LogP contribution in [-0.4, -0.2) is 32.8 Å². The number of carbonyl (C=O) groups excluding carboxylic acids is 2. The Labute approximate surface area is 226 Å². The van der Waals surface area contributed by atoms with Crippen LogP contribution in [0.4, 0.5) is 23.7 Å². The lowest BCUT2D eigenvalue weighted by Gasteiger charge is -2.43. The third kappa shape index (κ3) is 5.31. The van der Waals surface area contributed by atoms with E-state index in [2.05, 4.69) is 4.98 Å². The average molecular weight is 553 g/mol. The number of carboxylic acids is 1. The molecule has 40 heavy (non-hydrogen) atoms. The molecule has 0 saturated heterocycles. The van der Waals surface area contributed by atoms with Gasteiger partial charge in [-0.1, -0.05) is 32.0 Å². The molecule has 0 fully saturated rings. The van der Waals surface area contributed by atoms with Crippen LogP contribution in [0, 0.1) is 17.2 Å². The maximum absolute atomic E-state index is 14.1. The lowest BCUT2D eigenvalue weighted by molar-refractivity contribution is -0.137. The standard InChI is InChI=1S/C28H23F3N4O5/c1-15(2)25(36)23-16(3)35(20-6-4-5-19(11-20)28(29,30)31)27(39)34(13-22-33-21(14-40-22)26(37)38)24(23)18-9-7-17(12-32)8-10-18/h4-11,14-15,24H,13H2,1-3H3,(H,37,38). The summed E-state index contributed by atoms with van der Waals surface area (Å²) >= 11 is 0. The first-order valence-electron chi connectivity index (χ1n) is 12.0. The molecular formula is C28H23F3N4O5. The number of alkyl halides is 3. The first-order chi connectivity index (χ1) is 18.8. The molecule has 2 heterocycles. The third-order valence-corrected chi connectivity index (χ3v) is 6.40. The van der Waals surface area contributed by atoms with Gasteiger partial charge in [0.05, 0.1) is 35.5 Å². The molecular weight excluding hydrogens is 529 g/mol. The van der Waals surface area contributed by atoms with Crippen molar-refractivity contribution in [1.29, 1.82) is 5.26 Å². The summed E-state index contributed by atoms with van der Waals surface area (Å²) in [5, 5.41) is 18.5. The number of halogens is 3. The fraction of sp³-hybridized carbons (Fsp3) is 0.250. The number of hydrogen-bond donors (Lipinski definition) is 1. The first kappa shape index (κ1) is 28.1. The first-order valence-corrected chi connectivity index (χ1v) is 12.0. The molecule has 1 aromatic heterocycles. The molecule has 1 aliphatic heterocycles. The highest BCUT2D eigenvalue weighted by Gasteiger charge is 2.43. The van der Waals surface area contributed by atoms with Crippen LogP contribution >= 0.6 is 0 Å². The number of allylic oxidation sites excluding steroid dienone is 1. The van der Waals surface area contributed by atoms with Crippen LogP contribution in [0.1, 0.15) is 59.9 Å². The molecule has 0 bridgehead atoms. The fourth-order valence-electron chi connectivity index (χ4n) is 4.48. The van der Waals surface area contributed by atoms with Crippen molar-refractivity contribution in [3.63, 3.8) is 0 Å². The SMILES string of the molecule is CC1=C(C(=O)C(C)C)C(c2ccc(C#N)cc2)N(Cc2nc(C(=O)O)co2)C(=O)N1c1cccc(C(F)(F)F)c1. The van der Waals surface area contributed by atoms with E-state index in [0.29, 0.717) is 11.1 Å². The highest BCUT2D eigenvalue weighted by Crippen LogP contribution is 2.42.